The molecule has 1 amide bonds. The Kier molecular flexibility index (Phi) is 7.78. The van der Waals surface area contributed by atoms with E-state index in [9.17, 15) is 4.79 Å². The van der Waals surface area contributed by atoms with E-state index in [-0.39, 0.29) is 5.91 Å². The number of thioether (sulfide) groups is 1. The molecule has 0 saturated heterocycles. The number of amides is 1. The number of nitrogens with one attached hydrogen (secondary N) is 1. The molecule has 0 saturated carbocycles. The Morgan fingerprint density at radius 2 is 1.71 bits per heavy atom. The van der Waals surface area contributed by atoms with E-state index in [0.717, 1.165) is 17.0 Å². The fraction of sp³-hybridized carbons (Fsp3) is 0.148. The summed E-state index contributed by atoms with van der Waals surface area (Å²) in [5.74, 6) is 1.20. The van der Waals surface area contributed by atoms with Gasteiger partial charge in [-0.3, -0.25) is 9.36 Å². The van der Waals surface area contributed by atoms with Crippen LogP contribution in [0, 0.1) is 0 Å². The second-order valence-corrected chi connectivity index (χ2v) is 8.47. The SMILES string of the molecule is C=CCn1c(SC(C(=O)Nc2ccccc2OCC)c2ccccc2)nnc1-c1ccccc1. The number of nitrogens with zero attached hydrogens (tertiary/aromatic N) is 3. The second kappa shape index (κ2) is 11.3. The van der Waals surface area contributed by atoms with Crippen LogP contribution in [0.1, 0.15) is 17.7 Å². The van der Waals surface area contributed by atoms with Crippen molar-refractivity contribution in [3.8, 4) is 17.1 Å². The number of aromatic nitrogens is 3. The van der Waals surface area contributed by atoms with E-state index in [1.165, 1.54) is 11.8 Å². The van der Waals surface area contributed by atoms with Crippen molar-refractivity contribution in [2.75, 3.05) is 11.9 Å². The maximum absolute atomic E-state index is 13.6. The summed E-state index contributed by atoms with van der Waals surface area (Å²) in [5, 5.41) is 12.0. The normalized spacial score (nSPS) is 11.6. The van der Waals surface area contributed by atoms with Crippen LogP contribution >= 0.6 is 11.8 Å². The van der Waals surface area contributed by atoms with Crippen LogP contribution in [0.25, 0.3) is 11.4 Å². The quantitative estimate of drug-likeness (QED) is 0.227. The monoisotopic (exact) mass is 470 g/mol. The van der Waals surface area contributed by atoms with Crippen LogP contribution in [0.5, 0.6) is 5.75 Å². The van der Waals surface area contributed by atoms with Crippen LogP contribution in [-0.2, 0) is 11.3 Å². The Morgan fingerprint density at radius 3 is 2.41 bits per heavy atom. The van der Waals surface area contributed by atoms with Gasteiger partial charge in [0.25, 0.3) is 0 Å². The Hall–Kier alpha value is -3.84. The summed E-state index contributed by atoms with van der Waals surface area (Å²) in [7, 11) is 0. The Bertz CT molecular complexity index is 1240. The fourth-order valence-corrected chi connectivity index (χ4v) is 4.57. The van der Waals surface area contributed by atoms with Crippen molar-refractivity contribution in [3.63, 3.8) is 0 Å². The summed E-state index contributed by atoms with van der Waals surface area (Å²) < 4.78 is 7.66. The average molecular weight is 471 g/mol. The van der Waals surface area contributed by atoms with E-state index in [1.54, 1.807) is 6.08 Å². The minimum absolute atomic E-state index is 0.169. The van der Waals surface area contributed by atoms with Gasteiger partial charge in [0, 0.05) is 12.1 Å². The highest BCUT2D eigenvalue weighted by Crippen LogP contribution is 2.37. The van der Waals surface area contributed by atoms with Crippen molar-refractivity contribution in [1.82, 2.24) is 14.8 Å². The molecule has 4 aromatic rings. The minimum atomic E-state index is -0.549. The summed E-state index contributed by atoms with van der Waals surface area (Å²) in [6, 6.07) is 27.0. The van der Waals surface area contributed by atoms with Crippen molar-refractivity contribution in [2.24, 2.45) is 0 Å². The zero-order valence-corrected chi connectivity index (χ0v) is 19.7. The number of carbonyl (C=O) groups is 1. The highest BCUT2D eigenvalue weighted by molar-refractivity contribution is 8.00. The third-order valence-electron chi connectivity index (χ3n) is 5.07. The number of hydrogen-bond donors (Lipinski definition) is 1. The molecule has 1 atom stereocenters. The summed E-state index contributed by atoms with van der Waals surface area (Å²) in [4.78, 5) is 13.6. The maximum Gasteiger partial charge on any atom is 0.242 e. The molecule has 0 aliphatic rings. The molecule has 1 aromatic heterocycles. The third kappa shape index (κ3) is 5.38. The van der Waals surface area contributed by atoms with Gasteiger partial charge < -0.3 is 10.1 Å². The molecule has 1 heterocycles. The lowest BCUT2D eigenvalue weighted by Crippen LogP contribution is -2.20. The standard InChI is InChI=1S/C27H26N4O2S/c1-3-19-31-25(21-15-9-6-10-16-21)29-30-27(31)34-24(20-13-7-5-8-14-20)26(32)28-22-17-11-12-18-23(22)33-4-2/h3,5-18,24H,1,4,19H2,2H3,(H,28,32). The van der Waals surface area contributed by atoms with Gasteiger partial charge in [-0.15, -0.1) is 16.8 Å². The van der Waals surface area contributed by atoms with Crippen LogP contribution in [0.3, 0.4) is 0 Å². The van der Waals surface area contributed by atoms with Gasteiger partial charge in [0.05, 0.1) is 12.3 Å². The van der Waals surface area contributed by atoms with E-state index in [4.69, 9.17) is 4.74 Å². The van der Waals surface area contributed by atoms with Crippen LogP contribution in [0.4, 0.5) is 5.69 Å². The van der Waals surface area contributed by atoms with E-state index in [1.807, 2.05) is 96.4 Å². The maximum atomic E-state index is 13.6. The van der Waals surface area contributed by atoms with Gasteiger partial charge in [-0.1, -0.05) is 90.6 Å². The smallest absolute Gasteiger partial charge is 0.242 e. The Morgan fingerprint density at radius 1 is 1.03 bits per heavy atom. The lowest BCUT2D eigenvalue weighted by molar-refractivity contribution is -0.115. The number of ether oxygens (including phenoxy) is 1. The predicted octanol–water partition coefficient (Wildman–Crippen LogP) is 6.00. The number of hydrogen-bond acceptors (Lipinski definition) is 5. The van der Waals surface area contributed by atoms with Crippen molar-refractivity contribution in [1.29, 1.82) is 0 Å². The first-order valence-electron chi connectivity index (χ1n) is 11.0. The first-order valence-corrected chi connectivity index (χ1v) is 11.9. The molecule has 0 radical (unpaired) electrons. The van der Waals surface area contributed by atoms with Gasteiger partial charge in [0.15, 0.2) is 11.0 Å². The van der Waals surface area contributed by atoms with Crippen molar-refractivity contribution >= 4 is 23.4 Å². The van der Waals surface area contributed by atoms with Crippen LogP contribution in [0.15, 0.2) is 103 Å². The van der Waals surface area contributed by atoms with E-state index >= 15 is 0 Å². The summed E-state index contributed by atoms with van der Waals surface area (Å²) >= 11 is 1.36. The highest BCUT2D eigenvalue weighted by atomic mass is 32.2. The van der Waals surface area contributed by atoms with Gasteiger partial charge in [-0.25, -0.2) is 0 Å². The van der Waals surface area contributed by atoms with E-state index < -0.39 is 5.25 Å². The van der Waals surface area contributed by atoms with Crippen molar-refractivity contribution in [2.45, 2.75) is 23.9 Å². The Balaban J connectivity index is 1.68. The molecular formula is C27H26N4O2S. The first-order chi connectivity index (χ1) is 16.7. The predicted molar refractivity (Wildman–Crippen MR) is 137 cm³/mol. The lowest BCUT2D eigenvalue weighted by atomic mass is 10.1. The molecular weight excluding hydrogens is 444 g/mol. The minimum Gasteiger partial charge on any atom is -0.492 e. The summed E-state index contributed by atoms with van der Waals surface area (Å²) in [6.07, 6.45) is 1.80. The topological polar surface area (TPSA) is 69.0 Å². The number of allylic oxidation sites excluding steroid dienone is 1. The van der Waals surface area contributed by atoms with Gasteiger partial charge in [0.2, 0.25) is 5.91 Å². The van der Waals surface area contributed by atoms with Gasteiger partial charge in [-0.05, 0) is 24.6 Å². The fourth-order valence-electron chi connectivity index (χ4n) is 3.53. The number of carbonyl (C=O) groups excluding carboxylic acids is 1. The van der Waals surface area contributed by atoms with Crippen LogP contribution < -0.4 is 10.1 Å². The van der Waals surface area contributed by atoms with Crippen molar-refractivity contribution in [3.05, 3.63) is 103 Å². The summed E-state index contributed by atoms with van der Waals surface area (Å²) in [6.45, 7) is 6.84. The zero-order valence-electron chi connectivity index (χ0n) is 18.9. The Labute approximate surface area is 203 Å². The lowest BCUT2D eigenvalue weighted by Gasteiger charge is -2.18. The average Bonchev–Trinajstić information content (AvgIpc) is 3.27. The van der Waals surface area contributed by atoms with Gasteiger partial charge in [0.1, 0.15) is 11.0 Å². The first kappa shape index (κ1) is 23.3. The molecule has 7 heteroatoms. The third-order valence-corrected chi connectivity index (χ3v) is 6.30. The molecule has 0 aliphatic carbocycles. The molecule has 0 bridgehead atoms. The molecule has 1 N–H and O–H groups in total. The molecule has 1 unspecified atom stereocenters. The number of rotatable bonds is 10. The molecule has 3 aromatic carbocycles. The van der Waals surface area contributed by atoms with Gasteiger partial charge in [-0.2, -0.15) is 0 Å². The largest absolute Gasteiger partial charge is 0.492 e. The molecule has 0 fully saturated rings. The molecule has 0 spiro atoms. The zero-order chi connectivity index (χ0) is 23.8. The van der Waals surface area contributed by atoms with E-state index in [0.29, 0.717) is 29.7 Å². The molecule has 172 valence electrons. The molecule has 6 nitrogen and oxygen atoms in total. The summed E-state index contributed by atoms with van der Waals surface area (Å²) in [5.41, 5.74) is 2.46. The number of anilines is 1. The van der Waals surface area contributed by atoms with Crippen LogP contribution in [-0.4, -0.2) is 27.3 Å². The highest BCUT2D eigenvalue weighted by Gasteiger charge is 2.26. The number of benzene rings is 3. The molecule has 34 heavy (non-hydrogen) atoms. The van der Waals surface area contributed by atoms with Crippen molar-refractivity contribution < 1.29 is 9.53 Å². The van der Waals surface area contributed by atoms with Crippen LogP contribution in [0.2, 0.25) is 0 Å². The molecule has 4 rings (SSSR count). The van der Waals surface area contributed by atoms with E-state index in [2.05, 4.69) is 22.1 Å². The second-order valence-electron chi connectivity index (χ2n) is 7.40. The molecule has 0 aliphatic heterocycles. The van der Waals surface area contributed by atoms with Gasteiger partial charge >= 0.3 is 0 Å². The number of para-hydroxylation sites is 2.